The fourth-order valence-corrected chi connectivity index (χ4v) is 2.92. The summed E-state index contributed by atoms with van der Waals surface area (Å²) in [6, 6.07) is 18.6. The monoisotopic (exact) mass is 310 g/mol. The number of rotatable bonds is 6. The van der Waals surface area contributed by atoms with Crippen molar-refractivity contribution in [2.24, 2.45) is 0 Å². The predicted octanol–water partition coefficient (Wildman–Crippen LogP) is 4.40. The van der Waals surface area contributed by atoms with Crippen molar-refractivity contribution in [1.82, 2.24) is 15.2 Å². The molecule has 2 N–H and O–H groups in total. The van der Waals surface area contributed by atoms with Gasteiger partial charge in [0.25, 0.3) is 0 Å². The van der Waals surface area contributed by atoms with Crippen molar-refractivity contribution in [1.29, 1.82) is 0 Å². The predicted molar refractivity (Wildman–Crippen MR) is 91.5 cm³/mol. The first-order valence-corrected chi connectivity index (χ1v) is 8.28. The third-order valence-electron chi connectivity index (χ3n) is 3.33. The van der Waals surface area contributed by atoms with Crippen LogP contribution in [0.1, 0.15) is 18.1 Å². The number of aryl methyl sites for hydroxylation is 1. The number of nitrogens with one attached hydrogen (secondary N) is 2. The number of hydrogen-bond acceptors (Lipinski definition) is 4. The molecule has 22 heavy (non-hydrogen) atoms. The number of anilines is 2. The first-order valence-electron chi connectivity index (χ1n) is 7.29. The molecule has 0 spiro atoms. The van der Waals surface area contributed by atoms with Crippen molar-refractivity contribution >= 4 is 23.4 Å². The van der Waals surface area contributed by atoms with E-state index in [9.17, 15) is 0 Å². The largest absolute Gasteiger partial charge is 0.323 e. The lowest BCUT2D eigenvalue weighted by molar-refractivity contribution is 0.973. The Balaban J connectivity index is 1.64. The van der Waals surface area contributed by atoms with Gasteiger partial charge in [0.1, 0.15) is 0 Å². The van der Waals surface area contributed by atoms with Gasteiger partial charge >= 0.3 is 0 Å². The van der Waals surface area contributed by atoms with Crippen LogP contribution in [-0.4, -0.2) is 15.2 Å². The first-order chi connectivity index (χ1) is 10.8. The number of hydrogen-bond donors (Lipinski definition) is 2. The molecule has 1 aromatic heterocycles. The van der Waals surface area contributed by atoms with Crippen LogP contribution in [0.2, 0.25) is 0 Å². The normalized spacial score (nSPS) is 10.6. The molecule has 5 heteroatoms. The van der Waals surface area contributed by atoms with Gasteiger partial charge in [-0.3, -0.25) is 5.10 Å². The molecule has 0 radical (unpaired) electrons. The van der Waals surface area contributed by atoms with E-state index in [0.29, 0.717) is 5.95 Å². The summed E-state index contributed by atoms with van der Waals surface area (Å²) < 4.78 is 0. The lowest BCUT2D eigenvalue weighted by atomic mass is 10.1. The Hall–Kier alpha value is -2.27. The summed E-state index contributed by atoms with van der Waals surface area (Å²) in [7, 11) is 0. The van der Waals surface area contributed by atoms with Crippen LogP contribution < -0.4 is 5.32 Å². The Morgan fingerprint density at radius 2 is 1.82 bits per heavy atom. The minimum Gasteiger partial charge on any atom is -0.323 e. The Morgan fingerprint density at radius 1 is 1.05 bits per heavy atom. The van der Waals surface area contributed by atoms with Crippen LogP contribution in [0.15, 0.2) is 59.8 Å². The van der Waals surface area contributed by atoms with Gasteiger partial charge in [-0.2, -0.15) is 4.98 Å². The highest BCUT2D eigenvalue weighted by Gasteiger charge is 2.06. The van der Waals surface area contributed by atoms with Crippen LogP contribution in [0.3, 0.4) is 0 Å². The quantitative estimate of drug-likeness (QED) is 0.662. The fraction of sp³-hybridized carbons (Fsp3) is 0.176. The second-order valence-electron chi connectivity index (χ2n) is 4.87. The Kier molecular flexibility index (Phi) is 4.75. The smallest absolute Gasteiger partial charge is 0.247 e. The lowest BCUT2D eigenvalue weighted by Crippen LogP contribution is -1.96. The van der Waals surface area contributed by atoms with Gasteiger partial charge in [-0.1, -0.05) is 67.2 Å². The van der Waals surface area contributed by atoms with Crippen LogP contribution in [0, 0.1) is 0 Å². The van der Waals surface area contributed by atoms with Gasteiger partial charge in [-0.25, -0.2) is 0 Å². The highest BCUT2D eigenvalue weighted by atomic mass is 32.2. The SMILES string of the molecule is CCc1ccccc1Nc1n[nH]c(SCc2ccccc2)n1. The van der Waals surface area contributed by atoms with E-state index in [4.69, 9.17) is 0 Å². The Bertz CT molecular complexity index is 724. The van der Waals surface area contributed by atoms with Crippen LogP contribution in [0.4, 0.5) is 11.6 Å². The fourth-order valence-electron chi connectivity index (χ4n) is 2.16. The van der Waals surface area contributed by atoms with Crippen molar-refractivity contribution in [3.63, 3.8) is 0 Å². The lowest BCUT2D eigenvalue weighted by Gasteiger charge is -2.06. The molecule has 112 valence electrons. The molecule has 0 fully saturated rings. The van der Waals surface area contributed by atoms with E-state index >= 15 is 0 Å². The van der Waals surface area contributed by atoms with E-state index in [1.54, 1.807) is 11.8 Å². The summed E-state index contributed by atoms with van der Waals surface area (Å²) in [6.07, 6.45) is 0.975. The van der Waals surface area contributed by atoms with Gasteiger partial charge in [0.15, 0.2) is 5.16 Å². The summed E-state index contributed by atoms with van der Waals surface area (Å²) in [4.78, 5) is 4.48. The van der Waals surface area contributed by atoms with E-state index in [0.717, 1.165) is 23.0 Å². The first kappa shape index (κ1) is 14.7. The molecule has 2 aromatic carbocycles. The molecule has 0 aliphatic rings. The molecule has 0 bridgehead atoms. The highest BCUT2D eigenvalue weighted by Crippen LogP contribution is 2.22. The number of H-pyrrole nitrogens is 1. The third-order valence-corrected chi connectivity index (χ3v) is 4.26. The topological polar surface area (TPSA) is 53.6 Å². The zero-order valence-corrected chi connectivity index (χ0v) is 13.2. The summed E-state index contributed by atoms with van der Waals surface area (Å²) in [5, 5.41) is 11.3. The molecule has 0 unspecified atom stereocenters. The van der Waals surface area contributed by atoms with E-state index in [2.05, 4.69) is 45.6 Å². The van der Waals surface area contributed by atoms with Gasteiger partial charge in [0, 0.05) is 11.4 Å². The van der Waals surface area contributed by atoms with Crippen LogP contribution in [0.5, 0.6) is 0 Å². The number of nitrogens with zero attached hydrogens (tertiary/aromatic N) is 2. The van der Waals surface area contributed by atoms with E-state index in [-0.39, 0.29) is 0 Å². The Morgan fingerprint density at radius 3 is 2.64 bits per heavy atom. The second-order valence-corrected chi connectivity index (χ2v) is 5.84. The number of thioether (sulfide) groups is 1. The zero-order chi connectivity index (χ0) is 15.2. The van der Waals surface area contributed by atoms with E-state index < -0.39 is 0 Å². The third kappa shape index (κ3) is 3.68. The number of para-hydroxylation sites is 1. The molecule has 0 saturated heterocycles. The molecule has 0 atom stereocenters. The molecule has 0 aliphatic carbocycles. The van der Waals surface area contributed by atoms with Gasteiger partial charge in [-0.15, -0.1) is 5.10 Å². The molecule has 4 nitrogen and oxygen atoms in total. The molecule has 3 rings (SSSR count). The molecular formula is C17H18N4S. The minimum absolute atomic E-state index is 0.608. The number of aromatic amines is 1. The van der Waals surface area contributed by atoms with Crippen LogP contribution >= 0.6 is 11.8 Å². The van der Waals surface area contributed by atoms with Gasteiger partial charge < -0.3 is 5.32 Å². The summed E-state index contributed by atoms with van der Waals surface area (Å²) in [5.41, 5.74) is 3.59. The van der Waals surface area contributed by atoms with Gasteiger partial charge in [-0.05, 0) is 23.6 Å². The highest BCUT2D eigenvalue weighted by molar-refractivity contribution is 7.98. The summed E-state index contributed by atoms with van der Waals surface area (Å²) in [5.74, 6) is 1.48. The molecule has 3 aromatic rings. The van der Waals surface area contributed by atoms with Crippen molar-refractivity contribution in [2.45, 2.75) is 24.3 Å². The van der Waals surface area contributed by atoms with Gasteiger partial charge in [0.2, 0.25) is 5.95 Å². The van der Waals surface area contributed by atoms with Crippen molar-refractivity contribution in [3.8, 4) is 0 Å². The van der Waals surface area contributed by atoms with E-state index in [1.165, 1.54) is 11.1 Å². The summed E-state index contributed by atoms with van der Waals surface area (Å²) >= 11 is 1.65. The van der Waals surface area contributed by atoms with Gasteiger partial charge in [0.05, 0.1) is 0 Å². The number of benzene rings is 2. The standard InChI is InChI=1S/C17H18N4S/c1-2-14-10-6-7-11-15(14)18-16-19-17(21-20-16)22-12-13-8-4-3-5-9-13/h3-11H,2,12H2,1H3,(H2,18,19,20,21). The average Bonchev–Trinajstić information content (AvgIpc) is 3.02. The maximum Gasteiger partial charge on any atom is 0.247 e. The molecule has 1 heterocycles. The van der Waals surface area contributed by atoms with Crippen molar-refractivity contribution < 1.29 is 0 Å². The zero-order valence-electron chi connectivity index (χ0n) is 12.4. The summed E-state index contributed by atoms with van der Waals surface area (Å²) in [6.45, 7) is 2.14. The minimum atomic E-state index is 0.608. The molecule has 0 amide bonds. The number of aromatic nitrogens is 3. The van der Waals surface area contributed by atoms with Crippen LogP contribution in [-0.2, 0) is 12.2 Å². The second kappa shape index (κ2) is 7.13. The van der Waals surface area contributed by atoms with Crippen LogP contribution in [0.25, 0.3) is 0 Å². The average molecular weight is 310 g/mol. The molecule has 0 saturated carbocycles. The maximum absolute atomic E-state index is 4.48. The van der Waals surface area contributed by atoms with E-state index in [1.807, 2.05) is 36.4 Å². The Labute approximate surface area is 134 Å². The maximum atomic E-state index is 4.48. The van der Waals surface area contributed by atoms with Crippen molar-refractivity contribution in [3.05, 3.63) is 65.7 Å². The molecule has 0 aliphatic heterocycles. The molecular weight excluding hydrogens is 292 g/mol. The van der Waals surface area contributed by atoms with Crippen molar-refractivity contribution in [2.75, 3.05) is 5.32 Å².